The molecule has 0 bridgehead atoms. The molecule has 2 aromatic rings. The third kappa shape index (κ3) is 5.12. The van der Waals surface area contributed by atoms with E-state index in [9.17, 15) is 14.4 Å². The van der Waals surface area contributed by atoms with Gasteiger partial charge in [-0.05, 0) is 55.7 Å². The SMILES string of the molecule is Cc1ccc(NC(=O)C2CCN(C(=O)C3CCN(C(=O)c4cccs4)CC3)CC2)nc1. The highest BCUT2D eigenvalue weighted by molar-refractivity contribution is 7.12. The highest BCUT2D eigenvalue weighted by Crippen LogP contribution is 2.26. The summed E-state index contributed by atoms with van der Waals surface area (Å²) in [4.78, 5) is 46.7. The van der Waals surface area contributed by atoms with Crippen molar-refractivity contribution in [3.05, 3.63) is 46.3 Å². The van der Waals surface area contributed by atoms with Crippen molar-refractivity contribution in [3.8, 4) is 0 Å². The van der Waals surface area contributed by atoms with Crippen LogP contribution in [-0.2, 0) is 9.59 Å². The van der Waals surface area contributed by atoms with Gasteiger partial charge in [0.15, 0.2) is 0 Å². The molecule has 7 nitrogen and oxygen atoms in total. The predicted octanol–water partition coefficient (Wildman–Crippen LogP) is 3.18. The third-order valence-corrected chi connectivity index (χ3v) is 7.06. The van der Waals surface area contributed by atoms with E-state index in [1.807, 2.05) is 40.3 Å². The molecule has 2 aliphatic rings. The number of piperidine rings is 2. The standard InChI is InChI=1S/C23H28N4O3S/c1-16-4-5-20(24-15-16)25-21(28)17-6-10-26(11-7-17)22(29)18-8-12-27(13-9-18)23(30)19-3-2-14-31-19/h2-5,14-15,17-18H,6-13H2,1H3,(H,24,25,28). The van der Waals surface area contributed by atoms with Gasteiger partial charge in [0.1, 0.15) is 5.82 Å². The Morgan fingerprint density at radius 2 is 1.65 bits per heavy atom. The van der Waals surface area contributed by atoms with Gasteiger partial charge in [0, 0.05) is 44.2 Å². The zero-order valence-electron chi connectivity index (χ0n) is 17.8. The van der Waals surface area contributed by atoms with E-state index in [0.717, 1.165) is 10.4 Å². The molecule has 0 spiro atoms. The molecule has 3 amide bonds. The number of nitrogens with one attached hydrogen (secondary N) is 1. The molecule has 4 heterocycles. The van der Waals surface area contributed by atoms with Gasteiger partial charge in [0.2, 0.25) is 11.8 Å². The summed E-state index contributed by atoms with van der Waals surface area (Å²) >= 11 is 1.45. The number of hydrogen-bond acceptors (Lipinski definition) is 5. The van der Waals surface area contributed by atoms with Crippen LogP contribution in [0.2, 0.25) is 0 Å². The monoisotopic (exact) mass is 440 g/mol. The number of amides is 3. The van der Waals surface area contributed by atoms with Crippen LogP contribution in [0.3, 0.4) is 0 Å². The van der Waals surface area contributed by atoms with Crippen molar-refractivity contribution in [3.63, 3.8) is 0 Å². The maximum atomic E-state index is 13.0. The summed E-state index contributed by atoms with van der Waals surface area (Å²) in [6.07, 6.45) is 4.47. The average Bonchev–Trinajstić information content (AvgIpc) is 3.35. The Labute approximate surface area is 186 Å². The fraction of sp³-hybridized carbons (Fsp3) is 0.478. The molecule has 0 atom stereocenters. The molecule has 2 aliphatic heterocycles. The van der Waals surface area contributed by atoms with Crippen molar-refractivity contribution >= 4 is 34.9 Å². The first kappa shape index (κ1) is 21.5. The highest BCUT2D eigenvalue weighted by atomic mass is 32.1. The zero-order chi connectivity index (χ0) is 21.8. The fourth-order valence-electron chi connectivity index (χ4n) is 4.28. The van der Waals surface area contributed by atoms with Gasteiger partial charge < -0.3 is 15.1 Å². The molecule has 164 valence electrons. The lowest BCUT2D eigenvalue weighted by Crippen LogP contribution is -2.47. The fourth-order valence-corrected chi connectivity index (χ4v) is 4.97. The largest absolute Gasteiger partial charge is 0.342 e. The molecule has 0 saturated carbocycles. The van der Waals surface area contributed by atoms with Crippen LogP contribution in [0, 0.1) is 18.8 Å². The minimum absolute atomic E-state index is 0.0242. The van der Waals surface area contributed by atoms with E-state index >= 15 is 0 Å². The molecule has 0 unspecified atom stereocenters. The third-order valence-electron chi connectivity index (χ3n) is 6.20. The lowest BCUT2D eigenvalue weighted by atomic mass is 9.91. The van der Waals surface area contributed by atoms with Crippen LogP contribution in [0.4, 0.5) is 5.82 Å². The number of nitrogens with zero attached hydrogens (tertiary/aromatic N) is 3. The van der Waals surface area contributed by atoms with Gasteiger partial charge in [0.25, 0.3) is 5.91 Å². The van der Waals surface area contributed by atoms with E-state index < -0.39 is 0 Å². The van der Waals surface area contributed by atoms with Crippen LogP contribution in [-0.4, -0.2) is 58.7 Å². The van der Waals surface area contributed by atoms with Crippen molar-refractivity contribution in [1.29, 1.82) is 0 Å². The van der Waals surface area contributed by atoms with Gasteiger partial charge in [0.05, 0.1) is 4.88 Å². The van der Waals surface area contributed by atoms with E-state index in [0.29, 0.717) is 57.7 Å². The number of pyridine rings is 1. The number of likely N-dealkylation sites (tertiary alicyclic amines) is 2. The summed E-state index contributed by atoms with van der Waals surface area (Å²) in [5.74, 6) is 0.645. The van der Waals surface area contributed by atoms with Crippen molar-refractivity contribution in [1.82, 2.24) is 14.8 Å². The van der Waals surface area contributed by atoms with Crippen LogP contribution in [0.1, 0.15) is 40.9 Å². The Bertz CT molecular complexity index is 913. The van der Waals surface area contributed by atoms with Crippen molar-refractivity contribution in [2.24, 2.45) is 11.8 Å². The first-order valence-electron chi connectivity index (χ1n) is 10.9. The molecule has 4 rings (SSSR count). The van der Waals surface area contributed by atoms with E-state index in [1.54, 1.807) is 12.3 Å². The number of thiophene rings is 1. The summed E-state index contributed by atoms with van der Waals surface area (Å²) in [7, 11) is 0. The van der Waals surface area contributed by atoms with Gasteiger partial charge in [-0.25, -0.2) is 4.98 Å². The number of rotatable bonds is 4. The minimum Gasteiger partial charge on any atom is -0.342 e. The zero-order valence-corrected chi connectivity index (χ0v) is 18.6. The Morgan fingerprint density at radius 1 is 0.968 bits per heavy atom. The summed E-state index contributed by atoms with van der Waals surface area (Å²) < 4.78 is 0. The van der Waals surface area contributed by atoms with Gasteiger partial charge >= 0.3 is 0 Å². The van der Waals surface area contributed by atoms with E-state index in [1.165, 1.54) is 11.3 Å². The Morgan fingerprint density at radius 3 is 2.26 bits per heavy atom. The van der Waals surface area contributed by atoms with Crippen molar-refractivity contribution in [2.75, 3.05) is 31.5 Å². The highest BCUT2D eigenvalue weighted by Gasteiger charge is 2.33. The normalized spacial score (nSPS) is 18.1. The maximum absolute atomic E-state index is 13.0. The van der Waals surface area contributed by atoms with Gasteiger partial charge in [-0.1, -0.05) is 12.1 Å². The molecule has 2 saturated heterocycles. The van der Waals surface area contributed by atoms with Crippen LogP contribution in [0.25, 0.3) is 0 Å². The lowest BCUT2D eigenvalue weighted by Gasteiger charge is -2.37. The maximum Gasteiger partial charge on any atom is 0.263 e. The van der Waals surface area contributed by atoms with E-state index in [2.05, 4.69) is 10.3 Å². The molecular weight excluding hydrogens is 412 g/mol. The smallest absolute Gasteiger partial charge is 0.263 e. The number of carbonyl (C=O) groups is 3. The van der Waals surface area contributed by atoms with E-state index in [4.69, 9.17) is 0 Å². The number of carbonyl (C=O) groups excluding carboxylic acids is 3. The summed E-state index contributed by atoms with van der Waals surface area (Å²) in [5, 5.41) is 4.79. The van der Waals surface area contributed by atoms with Crippen LogP contribution in [0.15, 0.2) is 35.8 Å². The molecule has 2 aromatic heterocycles. The summed E-state index contributed by atoms with van der Waals surface area (Å²) in [6, 6.07) is 7.46. The van der Waals surface area contributed by atoms with Crippen LogP contribution < -0.4 is 5.32 Å². The Balaban J connectivity index is 1.23. The molecule has 8 heteroatoms. The second-order valence-corrected chi connectivity index (χ2v) is 9.30. The lowest BCUT2D eigenvalue weighted by molar-refractivity contribution is -0.139. The molecule has 31 heavy (non-hydrogen) atoms. The molecule has 1 N–H and O–H groups in total. The second kappa shape index (κ2) is 9.60. The summed E-state index contributed by atoms with van der Waals surface area (Å²) in [6.45, 7) is 4.40. The first-order chi connectivity index (χ1) is 15.0. The average molecular weight is 441 g/mol. The topological polar surface area (TPSA) is 82.6 Å². The minimum atomic E-state index is -0.0996. The molecular formula is C23H28N4O3S. The van der Waals surface area contributed by atoms with E-state index in [-0.39, 0.29) is 29.6 Å². The first-order valence-corrected chi connectivity index (χ1v) is 11.7. The van der Waals surface area contributed by atoms with Gasteiger partial charge in [-0.2, -0.15) is 0 Å². The van der Waals surface area contributed by atoms with Crippen molar-refractivity contribution in [2.45, 2.75) is 32.6 Å². The summed E-state index contributed by atoms with van der Waals surface area (Å²) in [5.41, 5.74) is 1.05. The molecule has 0 aromatic carbocycles. The van der Waals surface area contributed by atoms with Gasteiger partial charge in [-0.3, -0.25) is 14.4 Å². The Hall–Kier alpha value is -2.74. The van der Waals surface area contributed by atoms with Crippen LogP contribution >= 0.6 is 11.3 Å². The number of anilines is 1. The number of hydrogen-bond donors (Lipinski definition) is 1. The molecule has 0 aliphatic carbocycles. The van der Waals surface area contributed by atoms with Crippen LogP contribution in [0.5, 0.6) is 0 Å². The second-order valence-electron chi connectivity index (χ2n) is 8.35. The Kier molecular flexibility index (Phi) is 6.65. The molecule has 2 fully saturated rings. The quantitative estimate of drug-likeness (QED) is 0.792. The number of aryl methyl sites for hydroxylation is 1. The molecule has 0 radical (unpaired) electrons. The predicted molar refractivity (Wildman–Crippen MR) is 120 cm³/mol. The van der Waals surface area contributed by atoms with Crippen molar-refractivity contribution < 1.29 is 14.4 Å². The number of aromatic nitrogens is 1. The van der Waals surface area contributed by atoms with Gasteiger partial charge in [-0.15, -0.1) is 11.3 Å².